The number of hydrogen-bond acceptors (Lipinski definition) is 10. The van der Waals surface area contributed by atoms with Gasteiger partial charge < -0.3 is 22.5 Å². The smallest absolute Gasteiger partial charge is 0.160 e. The molecule has 0 saturated heterocycles. The Balaban J connectivity index is 0.000000207. The summed E-state index contributed by atoms with van der Waals surface area (Å²) in [6, 6.07) is 21.9. The topological polar surface area (TPSA) is 176 Å². The van der Waals surface area contributed by atoms with Gasteiger partial charge in [0.1, 0.15) is 22.6 Å². The fourth-order valence-corrected chi connectivity index (χ4v) is 5.73. The van der Waals surface area contributed by atoms with Gasteiger partial charge in [0, 0.05) is 64.7 Å². The molecule has 12 nitrogen and oxygen atoms in total. The van der Waals surface area contributed by atoms with Crippen LogP contribution >= 0.6 is 11.6 Å². The number of fused-ring (bicyclic) bond motifs is 2. The van der Waals surface area contributed by atoms with Gasteiger partial charge in [-0.2, -0.15) is 14.7 Å². The quantitative estimate of drug-likeness (QED) is 0.0863. The van der Waals surface area contributed by atoms with Crippen LogP contribution in [-0.2, 0) is 12.8 Å². The number of aryl methyl sites for hydroxylation is 2. The van der Waals surface area contributed by atoms with Crippen LogP contribution in [0.4, 0.5) is 26.0 Å². The van der Waals surface area contributed by atoms with E-state index in [2.05, 4.69) is 35.5 Å². The Kier molecular flexibility index (Phi) is 15.1. The molecular formula is C42H47ClF2N12. The van der Waals surface area contributed by atoms with Gasteiger partial charge in [-0.3, -0.25) is 9.97 Å². The molecule has 0 fully saturated rings. The number of aromatic nitrogens is 8. The Bertz CT molecular complexity index is 2520. The molecule has 57 heavy (non-hydrogen) atoms. The number of nitrogen functional groups attached to an aromatic ring is 2. The third kappa shape index (κ3) is 11.1. The van der Waals surface area contributed by atoms with E-state index in [-0.39, 0.29) is 14.9 Å². The average molecular weight is 793 g/mol. The summed E-state index contributed by atoms with van der Waals surface area (Å²) in [7, 11) is 0. The monoisotopic (exact) mass is 792 g/mol. The van der Waals surface area contributed by atoms with Crippen molar-refractivity contribution in [1.82, 2.24) is 39.2 Å². The predicted molar refractivity (Wildman–Crippen MR) is 227 cm³/mol. The van der Waals surface area contributed by atoms with Gasteiger partial charge in [0.25, 0.3) is 0 Å². The highest BCUT2D eigenvalue weighted by molar-refractivity contribution is 6.30. The van der Waals surface area contributed by atoms with Crippen molar-refractivity contribution in [3.63, 3.8) is 0 Å². The van der Waals surface area contributed by atoms with E-state index in [1.807, 2.05) is 68.4 Å². The van der Waals surface area contributed by atoms with Gasteiger partial charge in [0.05, 0.1) is 36.2 Å². The van der Waals surface area contributed by atoms with Crippen LogP contribution < -0.4 is 22.5 Å². The van der Waals surface area contributed by atoms with E-state index >= 15 is 0 Å². The third-order valence-electron chi connectivity index (χ3n) is 8.37. The number of benzene rings is 2. The van der Waals surface area contributed by atoms with Crippen molar-refractivity contribution in [2.75, 3.05) is 29.9 Å². The van der Waals surface area contributed by atoms with Crippen LogP contribution in [0, 0.1) is 25.5 Å². The summed E-state index contributed by atoms with van der Waals surface area (Å²) >= 11 is 6.11. The van der Waals surface area contributed by atoms with E-state index in [1.165, 1.54) is 34.0 Å². The lowest BCUT2D eigenvalue weighted by molar-refractivity contribution is 0.621. The number of halogens is 3. The number of rotatable bonds is 8. The Morgan fingerprint density at radius 3 is 1.61 bits per heavy atom. The zero-order valence-electron chi connectivity index (χ0n) is 30.2. The summed E-state index contributed by atoms with van der Waals surface area (Å²) in [5.41, 5.74) is 26.2. The minimum Gasteiger partial charge on any atom is -0.399 e. The van der Waals surface area contributed by atoms with Crippen LogP contribution in [-0.4, -0.2) is 52.3 Å². The minimum atomic E-state index is -0.407. The molecule has 0 aliphatic carbocycles. The lowest BCUT2D eigenvalue weighted by Crippen LogP contribution is -2.10. The number of nitrogens with two attached hydrogens (primary N) is 3. The van der Waals surface area contributed by atoms with Crippen LogP contribution in [0.3, 0.4) is 0 Å². The summed E-state index contributed by atoms with van der Waals surface area (Å²) in [5.74, 6) is -0.00408. The fraction of sp³-hybridized carbons (Fsp3) is 0.190. The normalized spacial score (nSPS) is 10.4. The van der Waals surface area contributed by atoms with Gasteiger partial charge >= 0.3 is 0 Å². The maximum atomic E-state index is 13.6. The van der Waals surface area contributed by atoms with Crippen molar-refractivity contribution in [1.29, 1.82) is 0 Å². The van der Waals surface area contributed by atoms with E-state index in [9.17, 15) is 8.78 Å². The van der Waals surface area contributed by atoms with E-state index in [0.717, 1.165) is 53.0 Å². The zero-order chi connectivity index (χ0) is 38.9. The maximum absolute atomic E-state index is 13.6. The number of nitrogens with zero attached hydrogens (tertiary/aromatic N) is 8. The lowest BCUT2D eigenvalue weighted by Gasteiger charge is -2.11. The number of nitrogens with one attached hydrogen (secondary N) is 1. The zero-order valence-corrected chi connectivity index (χ0v) is 30.9. The van der Waals surface area contributed by atoms with E-state index < -0.39 is 11.6 Å². The molecular weight excluding hydrogens is 746 g/mol. The molecule has 0 atom stereocenters. The van der Waals surface area contributed by atoms with E-state index in [4.69, 9.17) is 28.8 Å². The molecule has 0 aliphatic rings. The molecule has 0 unspecified atom stereocenters. The van der Waals surface area contributed by atoms with Crippen molar-refractivity contribution in [3.05, 3.63) is 149 Å². The van der Waals surface area contributed by atoms with Crippen LogP contribution in [0.15, 0.2) is 110 Å². The Morgan fingerprint density at radius 2 is 1.11 bits per heavy atom. The molecule has 296 valence electrons. The first kappa shape index (κ1) is 43.2. The second kappa shape index (κ2) is 19.9. The summed E-state index contributed by atoms with van der Waals surface area (Å²) < 4.78 is 30.0. The van der Waals surface area contributed by atoms with Crippen LogP contribution in [0.1, 0.15) is 37.1 Å². The molecule has 6 aromatic heterocycles. The average Bonchev–Trinajstić information content (AvgIpc) is 3.76. The minimum absolute atomic E-state index is 0. The first-order valence-electron chi connectivity index (χ1n) is 17.3. The van der Waals surface area contributed by atoms with Gasteiger partial charge in [-0.1, -0.05) is 50.7 Å². The van der Waals surface area contributed by atoms with Gasteiger partial charge in [-0.05, 0) is 80.8 Å². The van der Waals surface area contributed by atoms with E-state index in [0.29, 0.717) is 46.4 Å². The Morgan fingerprint density at radius 1 is 0.632 bits per heavy atom. The lowest BCUT2D eigenvalue weighted by atomic mass is 10.1. The maximum Gasteiger partial charge on any atom is 0.160 e. The highest BCUT2D eigenvalue weighted by Gasteiger charge is 2.12. The van der Waals surface area contributed by atoms with Gasteiger partial charge in [-0.15, -0.1) is 0 Å². The van der Waals surface area contributed by atoms with Crippen LogP contribution in [0.5, 0.6) is 0 Å². The van der Waals surface area contributed by atoms with Crippen molar-refractivity contribution < 1.29 is 8.78 Å². The molecule has 0 amide bonds. The van der Waals surface area contributed by atoms with Crippen molar-refractivity contribution in [3.8, 4) is 22.5 Å². The molecule has 8 rings (SSSR count). The van der Waals surface area contributed by atoms with Gasteiger partial charge in [-0.25, -0.2) is 23.3 Å². The molecule has 0 spiro atoms. The molecule has 7 N–H and O–H groups in total. The summed E-state index contributed by atoms with van der Waals surface area (Å²) in [4.78, 5) is 16.8. The summed E-state index contributed by atoms with van der Waals surface area (Å²) in [5, 5.41) is 12.3. The highest BCUT2D eigenvalue weighted by Crippen LogP contribution is 2.25. The Labute approximate surface area is 335 Å². The van der Waals surface area contributed by atoms with Gasteiger partial charge in [0.15, 0.2) is 11.3 Å². The number of anilines is 3. The fourth-order valence-electron chi connectivity index (χ4n) is 5.50. The number of hydrogen-bond donors (Lipinski definition) is 4. The molecule has 8 aromatic rings. The number of pyridine rings is 2. The molecule has 0 saturated carbocycles. The molecule has 0 bridgehead atoms. The summed E-state index contributed by atoms with van der Waals surface area (Å²) in [6.45, 7) is 5.24. The molecule has 15 heteroatoms. The SMILES string of the molecule is C.C.Cc1cnn2c(Cl)cc(-c3cncc(F)c3)nc12.Cc1cnn2c(NCCc3ccc(N)cc3)cc(-c3cncc(F)c3)nc12.NCCc1ccc(N)cc1. The molecule has 6 heterocycles. The standard InChI is InChI=1S/C20H19FN6.C12H8ClFN4.C8H12N2.2CH4/c1-13-10-25-27-19(24-7-6-14-2-4-17(22)5-3-14)9-18(26-20(13)27)15-8-16(21)12-23-11-15;1-7-4-16-18-11(13)3-10(17-12(7)18)8-2-9(14)6-15-5-8;9-6-5-7-1-3-8(10)4-2-7;;/h2-5,8-12,24H,6-7,22H2,1H3;2-6H,1H3;1-4H,5-6,9-10H2;2*1H4. The van der Waals surface area contributed by atoms with Crippen molar-refractivity contribution in [2.45, 2.75) is 41.5 Å². The van der Waals surface area contributed by atoms with E-state index in [1.54, 1.807) is 35.4 Å². The van der Waals surface area contributed by atoms with Crippen LogP contribution in [0.2, 0.25) is 5.15 Å². The van der Waals surface area contributed by atoms with Crippen molar-refractivity contribution >= 4 is 40.1 Å². The summed E-state index contributed by atoms with van der Waals surface area (Å²) in [6.07, 6.45) is 10.7. The largest absolute Gasteiger partial charge is 0.399 e. The first-order valence-corrected chi connectivity index (χ1v) is 17.7. The molecule has 0 radical (unpaired) electrons. The van der Waals surface area contributed by atoms with Crippen LogP contribution in [0.25, 0.3) is 33.8 Å². The van der Waals surface area contributed by atoms with Crippen molar-refractivity contribution in [2.24, 2.45) is 5.73 Å². The third-order valence-corrected chi connectivity index (χ3v) is 8.64. The van der Waals surface area contributed by atoms with Gasteiger partial charge in [0.2, 0.25) is 0 Å². The first-order chi connectivity index (χ1) is 26.6. The Hall–Kier alpha value is -6.51. The highest BCUT2D eigenvalue weighted by atomic mass is 35.5. The molecule has 0 aliphatic heterocycles. The second-order valence-electron chi connectivity index (χ2n) is 12.6. The predicted octanol–water partition coefficient (Wildman–Crippen LogP) is 8.41. The molecule has 2 aromatic carbocycles. The second-order valence-corrected chi connectivity index (χ2v) is 13.0.